The summed E-state index contributed by atoms with van der Waals surface area (Å²) in [5.74, 6) is 0.241. The van der Waals surface area contributed by atoms with E-state index in [4.69, 9.17) is 0 Å². The Hall–Kier alpha value is -5.28. The lowest BCUT2D eigenvalue weighted by atomic mass is 10.0. The van der Waals surface area contributed by atoms with Crippen LogP contribution in [0.25, 0.3) is 11.1 Å². The van der Waals surface area contributed by atoms with E-state index >= 15 is 0 Å². The first-order chi connectivity index (χ1) is 19.7. The molecule has 6 aromatic rings. The van der Waals surface area contributed by atoms with Crippen LogP contribution in [0.15, 0.2) is 158 Å². The number of nitrogens with zero attached hydrogens (tertiary/aromatic N) is 2. The lowest BCUT2D eigenvalue weighted by Crippen LogP contribution is -2.10. The van der Waals surface area contributed by atoms with Crippen molar-refractivity contribution in [1.82, 2.24) is 0 Å². The van der Waals surface area contributed by atoms with Gasteiger partial charge in [0.1, 0.15) is 5.75 Å². The van der Waals surface area contributed by atoms with Gasteiger partial charge in [-0.05, 0) is 96.4 Å². The maximum Gasteiger partial charge on any atom is 0.117 e. The van der Waals surface area contributed by atoms with Gasteiger partial charge in [-0.15, -0.1) is 0 Å². The minimum atomic E-state index is 0.241. The molecular formula is C37H30N2O. The largest absolute Gasteiger partial charge is 0.508 e. The molecule has 6 aromatic carbocycles. The van der Waals surface area contributed by atoms with Crippen LogP contribution in [-0.2, 0) is 0 Å². The molecule has 0 spiro atoms. The summed E-state index contributed by atoms with van der Waals surface area (Å²) in [6.45, 7) is 2.12. The average Bonchev–Trinajstić information content (AvgIpc) is 3.00. The van der Waals surface area contributed by atoms with Crippen molar-refractivity contribution in [3.63, 3.8) is 0 Å². The number of benzene rings is 6. The number of rotatable bonds is 7. The Bertz CT molecular complexity index is 1570. The lowest BCUT2D eigenvalue weighted by molar-refractivity contribution is 0.475. The van der Waals surface area contributed by atoms with Gasteiger partial charge in [0.05, 0.1) is 0 Å². The molecule has 0 fully saturated rings. The van der Waals surface area contributed by atoms with Crippen LogP contribution in [0.3, 0.4) is 0 Å². The first kappa shape index (κ1) is 25.0. The molecule has 0 heterocycles. The molecule has 0 aliphatic heterocycles. The Labute approximate surface area is 235 Å². The standard InChI is InChI=1S/C37H30N2O/c1-28-10-8-15-35(26-28)38(31-11-4-2-5-12-31)33-22-18-29(19-23-33)30-20-24-34(25-21-30)39(32-13-6-3-7-14-32)36-16-9-17-37(40)27-36/h2-27,40H,1H3. The number of hydrogen-bond acceptors (Lipinski definition) is 3. The van der Waals surface area contributed by atoms with Gasteiger partial charge in [0.2, 0.25) is 0 Å². The summed E-state index contributed by atoms with van der Waals surface area (Å²) in [5.41, 5.74) is 9.84. The van der Waals surface area contributed by atoms with Crippen LogP contribution in [0, 0.1) is 6.92 Å². The minimum Gasteiger partial charge on any atom is -0.508 e. The summed E-state index contributed by atoms with van der Waals surface area (Å²) >= 11 is 0. The highest BCUT2D eigenvalue weighted by Gasteiger charge is 2.14. The van der Waals surface area contributed by atoms with Gasteiger partial charge in [0.25, 0.3) is 0 Å². The molecule has 0 radical (unpaired) electrons. The molecule has 194 valence electrons. The molecule has 1 N–H and O–H groups in total. The fraction of sp³-hybridized carbons (Fsp3) is 0.0270. The SMILES string of the molecule is Cc1cccc(N(c2ccccc2)c2ccc(-c3ccc(N(c4ccccc4)c4cccc(O)c4)cc3)cc2)c1. The van der Waals surface area contributed by atoms with E-state index in [1.54, 1.807) is 12.1 Å². The summed E-state index contributed by atoms with van der Waals surface area (Å²) in [6, 6.07) is 53.9. The quantitative estimate of drug-likeness (QED) is 0.228. The molecule has 0 saturated carbocycles. The van der Waals surface area contributed by atoms with Gasteiger partial charge >= 0.3 is 0 Å². The zero-order chi connectivity index (χ0) is 27.3. The van der Waals surface area contributed by atoms with Gasteiger partial charge < -0.3 is 14.9 Å². The van der Waals surface area contributed by atoms with Gasteiger partial charge in [0.15, 0.2) is 0 Å². The first-order valence-electron chi connectivity index (χ1n) is 13.4. The summed E-state index contributed by atoms with van der Waals surface area (Å²) in [7, 11) is 0. The minimum absolute atomic E-state index is 0.241. The predicted molar refractivity (Wildman–Crippen MR) is 168 cm³/mol. The fourth-order valence-corrected chi connectivity index (χ4v) is 5.05. The van der Waals surface area contributed by atoms with Crippen LogP contribution in [0.4, 0.5) is 34.1 Å². The number of phenols is 1. The highest BCUT2D eigenvalue weighted by atomic mass is 16.3. The Morgan fingerprint density at radius 2 is 0.775 bits per heavy atom. The van der Waals surface area contributed by atoms with Gasteiger partial charge in [0, 0.05) is 40.2 Å². The zero-order valence-corrected chi connectivity index (χ0v) is 22.4. The summed E-state index contributed by atoms with van der Waals surface area (Å²) < 4.78 is 0. The Balaban J connectivity index is 1.32. The van der Waals surface area contributed by atoms with E-state index in [9.17, 15) is 5.11 Å². The number of hydrogen-bond donors (Lipinski definition) is 1. The summed E-state index contributed by atoms with van der Waals surface area (Å²) in [6.07, 6.45) is 0. The van der Waals surface area contributed by atoms with Crippen LogP contribution in [0.2, 0.25) is 0 Å². The number of para-hydroxylation sites is 2. The zero-order valence-electron chi connectivity index (χ0n) is 22.4. The third-order valence-corrected chi connectivity index (χ3v) is 6.96. The van der Waals surface area contributed by atoms with Crippen LogP contribution >= 0.6 is 0 Å². The molecule has 0 aromatic heterocycles. The lowest BCUT2D eigenvalue weighted by Gasteiger charge is -2.26. The van der Waals surface area contributed by atoms with Crippen LogP contribution in [0.5, 0.6) is 5.75 Å². The van der Waals surface area contributed by atoms with E-state index in [0.29, 0.717) is 0 Å². The highest BCUT2D eigenvalue weighted by Crippen LogP contribution is 2.38. The number of aromatic hydroxyl groups is 1. The van der Waals surface area contributed by atoms with E-state index in [0.717, 1.165) is 45.3 Å². The van der Waals surface area contributed by atoms with Crippen molar-refractivity contribution in [1.29, 1.82) is 0 Å². The van der Waals surface area contributed by atoms with Crippen LogP contribution in [0.1, 0.15) is 5.56 Å². The second-order valence-corrected chi connectivity index (χ2v) is 9.79. The van der Waals surface area contributed by atoms with Gasteiger partial charge in [-0.3, -0.25) is 0 Å². The van der Waals surface area contributed by atoms with E-state index in [2.05, 4.69) is 126 Å². The normalized spacial score (nSPS) is 10.7. The Kier molecular flexibility index (Phi) is 7.02. The second kappa shape index (κ2) is 11.2. The van der Waals surface area contributed by atoms with Crippen molar-refractivity contribution in [2.75, 3.05) is 9.80 Å². The van der Waals surface area contributed by atoms with Crippen molar-refractivity contribution < 1.29 is 5.11 Å². The molecule has 0 amide bonds. The maximum atomic E-state index is 10.1. The predicted octanol–water partition coefficient (Wildman–Crippen LogP) is 10.3. The summed E-state index contributed by atoms with van der Waals surface area (Å²) in [4.78, 5) is 4.43. The van der Waals surface area contributed by atoms with Gasteiger partial charge in [-0.1, -0.05) is 78.9 Å². The van der Waals surface area contributed by atoms with Crippen LogP contribution in [-0.4, -0.2) is 5.11 Å². The smallest absolute Gasteiger partial charge is 0.117 e. The molecule has 3 nitrogen and oxygen atoms in total. The van der Waals surface area contributed by atoms with Gasteiger partial charge in [-0.2, -0.15) is 0 Å². The molecule has 6 rings (SSSR count). The maximum absolute atomic E-state index is 10.1. The van der Waals surface area contributed by atoms with E-state index in [1.807, 2.05) is 36.4 Å². The third-order valence-electron chi connectivity index (χ3n) is 6.96. The number of aryl methyl sites for hydroxylation is 1. The molecular weight excluding hydrogens is 488 g/mol. The average molecular weight is 519 g/mol. The van der Waals surface area contributed by atoms with E-state index in [-0.39, 0.29) is 5.75 Å². The first-order valence-corrected chi connectivity index (χ1v) is 13.4. The molecule has 3 heteroatoms. The number of anilines is 6. The molecule has 0 saturated heterocycles. The number of phenolic OH excluding ortho intramolecular Hbond substituents is 1. The van der Waals surface area contributed by atoms with Crippen molar-refractivity contribution in [3.8, 4) is 16.9 Å². The highest BCUT2D eigenvalue weighted by molar-refractivity contribution is 5.81. The van der Waals surface area contributed by atoms with Crippen molar-refractivity contribution >= 4 is 34.1 Å². The fourth-order valence-electron chi connectivity index (χ4n) is 5.05. The Morgan fingerprint density at radius 3 is 1.23 bits per heavy atom. The van der Waals surface area contributed by atoms with E-state index in [1.165, 1.54) is 5.56 Å². The van der Waals surface area contributed by atoms with Crippen molar-refractivity contribution in [2.45, 2.75) is 6.92 Å². The Morgan fingerprint density at radius 1 is 0.375 bits per heavy atom. The molecule has 0 unspecified atom stereocenters. The van der Waals surface area contributed by atoms with E-state index < -0.39 is 0 Å². The molecule has 0 aliphatic carbocycles. The molecule has 0 aliphatic rings. The van der Waals surface area contributed by atoms with Crippen LogP contribution < -0.4 is 9.80 Å². The summed E-state index contributed by atoms with van der Waals surface area (Å²) in [5, 5.41) is 10.1. The molecule has 0 bridgehead atoms. The van der Waals surface area contributed by atoms with Gasteiger partial charge in [-0.25, -0.2) is 0 Å². The van der Waals surface area contributed by atoms with Crippen molar-refractivity contribution in [2.24, 2.45) is 0 Å². The topological polar surface area (TPSA) is 26.7 Å². The molecule has 0 atom stereocenters. The monoisotopic (exact) mass is 518 g/mol. The second-order valence-electron chi connectivity index (χ2n) is 9.79. The third kappa shape index (κ3) is 5.31. The van der Waals surface area contributed by atoms with Crippen molar-refractivity contribution in [3.05, 3.63) is 163 Å². The molecule has 40 heavy (non-hydrogen) atoms.